The number of carbonyl (C=O) groups excluding carboxylic acids is 1. The average molecular weight is 302 g/mol. The number of benzene rings is 1. The number of nitrogens with one attached hydrogen (secondary N) is 2. The van der Waals surface area contributed by atoms with Crippen molar-refractivity contribution in [2.75, 3.05) is 14.2 Å². The quantitative estimate of drug-likeness (QED) is 0.789. The van der Waals surface area contributed by atoms with E-state index in [1.54, 1.807) is 39.4 Å². The Balaban J connectivity index is 1.94. The maximum absolute atomic E-state index is 11.8. The molecule has 1 aromatic carbocycles. The van der Waals surface area contributed by atoms with Crippen LogP contribution in [0, 0.1) is 6.92 Å². The van der Waals surface area contributed by atoms with Gasteiger partial charge in [0.2, 0.25) is 5.91 Å². The number of aromatic amines is 1. The first-order chi connectivity index (χ1) is 10.6. The lowest BCUT2D eigenvalue weighted by atomic mass is 10.2. The number of nitrogens with zero attached hydrogens (tertiary/aromatic N) is 2. The number of aromatic nitrogens is 3. The molecule has 0 unspecified atom stereocenters. The van der Waals surface area contributed by atoms with Crippen molar-refractivity contribution in [1.82, 2.24) is 20.5 Å². The van der Waals surface area contributed by atoms with Crippen molar-refractivity contribution in [2.45, 2.75) is 13.5 Å². The van der Waals surface area contributed by atoms with Crippen LogP contribution in [0.4, 0.5) is 0 Å². The van der Waals surface area contributed by atoms with E-state index in [9.17, 15) is 4.79 Å². The van der Waals surface area contributed by atoms with E-state index < -0.39 is 0 Å². The molecule has 0 bridgehead atoms. The van der Waals surface area contributed by atoms with Crippen LogP contribution in [0.3, 0.4) is 0 Å². The largest absolute Gasteiger partial charge is 0.493 e. The van der Waals surface area contributed by atoms with Crippen LogP contribution in [0.5, 0.6) is 11.5 Å². The summed E-state index contributed by atoms with van der Waals surface area (Å²) in [5, 5.41) is 9.37. The molecule has 0 saturated carbocycles. The summed E-state index contributed by atoms with van der Waals surface area (Å²) in [6, 6.07) is 5.41. The van der Waals surface area contributed by atoms with Crippen molar-refractivity contribution < 1.29 is 14.3 Å². The topological polar surface area (TPSA) is 89.1 Å². The molecule has 0 aliphatic rings. The third kappa shape index (κ3) is 4.08. The molecule has 2 rings (SSSR count). The number of amides is 1. The van der Waals surface area contributed by atoms with E-state index in [0.29, 0.717) is 23.1 Å². The van der Waals surface area contributed by atoms with Crippen LogP contribution >= 0.6 is 0 Å². The molecule has 0 atom stereocenters. The van der Waals surface area contributed by atoms with Crippen LogP contribution in [0.2, 0.25) is 0 Å². The Morgan fingerprint density at radius 2 is 2.09 bits per heavy atom. The Bertz CT molecular complexity index is 679. The van der Waals surface area contributed by atoms with E-state index in [2.05, 4.69) is 20.5 Å². The van der Waals surface area contributed by atoms with Crippen molar-refractivity contribution in [3.8, 4) is 11.5 Å². The van der Waals surface area contributed by atoms with Crippen molar-refractivity contribution >= 4 is 12.0 Å². The number of carbonyl (C=O) groups is 1. The van der Waals surface area contributed by atoms with Crippen molar-refractivity contribution in [3.63, 3.8) is 0 Å². The summed E-state index contributed by atoms with van der Waals surface area (Å²) in [6.07, 6.45) is 3.14. The molecular formula is C15H18N4O3. The molecule has 22 heavy (non-hydrogen) atoms. The third-order valence-corrected chi connectivity index (χ3v) is 2.90. The number of ether oxygens (including phenoxy) is 2. The standard InChI is InChI=1S/C15H18N4O3/c1-10-17-14(19-18-10)9-16-15(20)7-5-11-4-6-12(21-2)13(8-11)22-3/h4-8H,9H2,1-3H3,(H,16,20)(H,17,18,19). The van der Waals surface area contributed by atoms with Gasteiger partial charge in [0, 0.05) is 6.08 Å². The summed E-state index contributed by atoms with van der Waals surface area (Å²) < 4.78 is 10.4. The monoisotopic (exact) mass is 302 g/mol. The van der Waals surface area contributed by atoms with Gasteiger partial charge in [-0.05, 0) is 30.7 Å². The molecule has 7 nitrogen and oxygen atoms in total. The van der Waals surface area contributed by atoms with E-state index in [1.807, 2.05) is 6.07 Å². The minimum Gasteiger partial charge on any atom is -0.493 e. The summed E-state index contributed by atoms with van der Waals surface area (Å²) in [4.78, 5) is 15.9. The van der Waals surface area contributed by atoms with Gasteiger partial charge in [-0.1, -0.05) is 6.07 Å². The lowest BCUT2D eigenvalue weighted by Crippen LogP contribution is -2.20. The molecule has 1 heterocycles. The van der Waals surface area contributed by atoms with Crippen LogP contribution in [0.25, 0.3) is 6.08 Å². The van der Waals surface area contributed by atoms with E-state index in [-0.39, 0.29) is 12.5 Å². The predicted octanol–water partition coefficient (Wildman–Crippen LogP) is 1.46. The van der Waals surface area contributed by atoms with Gasteiger partial charge < -0.3 is 14.8 Å². The van der Waals surface area contributed by atoms with Crippen molar-refractivity contribution in [3.05, 3.63) is 41.5 Å². The van der Waals surface area contributed by atoms with Gasteiger partial charge in [-0.15, -0.1) is 0 Å². The first kappa shape index (κ1) is 15.6. The Morgan fingerprint density at radius 3 is 2.73 bits per heavy atom. The van der Waals surface area contributed by atoms with Crippen molar-refractivity contribution in [2.24, 2.45) is 0 Å². The minimum absolute atomic E-state index is 0.225. The summed E-state index contributed by atoms with van der Waals surface area (Å²) in [5.41, 5.74) is 0.835. The molecule has 0 spiro atoms. The molecule has 0 radical (unpaired) electrons. The molecule has 0 aliphatic carbocycles. The Kier molecular flexibility index (Phi) is 5.13. The first-order valence-corrected chi connectivity index (χ1v) is 6.68. The zero-order valence-electron chi connectivity index (χ0n) is 12.7. The van der Waals surface area contributed by atoms with Gasteiger partial charge in [-0.25, -0.2) is 4.98 Å². The van der Waals surface area contributed by atoms with Crippen LogP contribution in [-0.2, 0) is 11.3 Å². The fourth-order valence-corrected chi connectivity index (χ4v) is 1.82. The number of H-pyrrole nitrogens is 1. The first-order valence-electron chi connectivity index (χ1n) is 6.68. The maximum Gasteiger partial charge on any atom is 0.244 e. The highest BCUT2D eigenvalue weighted by Gasteiger charge is 2.04. The summed E-state index contributed by atoms with van der Waals surface area (Å²) in [5.74, 6) is 2.29. The van der Waals surface area contributed by atoms with Crippen LogP contribution in [0.1, 0.15) is 17.2 Å². The van der Waals surface area contributed by atoms with Crippen LogP contribution < -0.4 is 14.8 Å². The number of aryl methyl sites for hydroxylation is 1. The van der Waals surface area contributed by atoms with Gasteiger partial charge in [-0.3, -0.25) is 9.89 Å². The van der Waals surface area contributed by atoms with E-state index in [1.165, 1.54) is 6.08 Å². The van der Waals surface area contributed by atoms with Gasteiger partial charge in [-0.2, -0.15) is 5.10 Å². The normalized spacial score (nSPS) is 10.7. The average Bonchev–Trinajstić information content (AvgIpc) is 2.96. The van der Waals surface area contributed by atoms with Gasteiger partial charge in [0.1, 0.15) is 5.82 Å². The van der Waals surface area contributed by atoms with E-state index in [0.717, 1.165) is 5.56 Å². The molecule has 2 N–H and O–H groups in total. The summed E-state index contributed by atoms with van der Waals surface area (Å²) in [6.45, 7) is 2.08. The van der Waals surface area contributed by atoms with Crippen LogP contribution in [-0.4, -0.2) is 35.3 Å². The second kappa shape index (κ2) is 7.26. The molecule has 116 valence electrons. The lowest BCUT2D eigenvalue weighted by Gasteiger charge is -2.07. The molecule has 2 aromatic rings. The smallest absolute Gasteiger partial charge is 0.244 e. The fourth-order valence-electron chi connectivity index (χ4n) is 1.82. The molecule has 7 heteroatoms. The summed E-state index contributed by atoms with van der Waals surface area (Å²) >= 11 is 0. The molecule has 1 aromatic heterocycles. The molecule has 1 amide bonds. The molecular weight excluding hydrogens is 284 g/mol. The Labute approximate surface area is 128 Å². The number of hydrogen-bond donors (Lipinski definition) is 2. The number of hydrogen-bond acceptors (Lipinski definition) is 5. The van der Waals surface area contributed by atoms with Gasteiger partial charge >= 0.3 is 0 Å². The summed E-state index contributed by atoms with van der Waals surface area (Å²) in [7, 11) is 3.14. The zero-order chi connectivity index (χ0) is 15.9. The van der Waals surface area contributed by atoms with Gasteiger partial charge in [0.15, 0.2) is 17.3 Å². The fraction of sp³-hybridized carbons (Fsp3) is 0.267. The zero-order valence-corrected chi connectivity index (χ0v) is 12.7. The highest BCUT2D eigenvalue weighted by atomic mass is 16.5. The lowest BCUT2D eigenvalue weighted by molar-refractivity contribution is -0.116. The highest BCUT2D eigenvalue weighted by molar-refractivity contribution is 5.91. The maximum atomic E-state index is 11.8. The van der Waals surface area contributed by atoms with Gasteiger partial charge in [0.25, 0.3) is 0 Å². The third-order valence-electron chi connectivity index (χ3n) is 2.90. The van der Waals surface area contributed by atoms with E-state index in [4.69, 9.17) is 9.47 Å². The number of rotatable bonds is 6. The van der Waals surface area contributed by atoms with Crippen LogP contribution in [0.15, 0.2) is 24.3 Å². The molecule has 0 aliphatic heterocycles. The molecule has 0 fully saturated rings. The second-order valence-electron chi connectivity index (χ2n) is 4.50. The molecule has 0 saturated heterocycles. The number of methoxy groups -OCH3 is 2. The van der Waals surface area contributed by atoms with Crippen molar-refractivity contribution in [1.29, 1.82) is 0 Å². The highest BCUT2D eigenvalue weighted by Crippen LogP contribution is 2.27. The van der Waals surface area contributed by atoms with E-state index >= 15 is 0 Å². The minimum atomic E-state index is -0.225. The Hall–Kier alpha value is -2.83. The second-order valence-corrected chi connectivity index (χ2v) is 4.50. The SMILES string of the molecule is COc1ccc(C=CC(=O)NCc2n[nH]c(C)n2)cc1OC. The van der Waals surface area contributed by atoms with Gasteiger partial charge in [0.05, 0.1) is 20.8 Å². The predicted molar refractivity (Wildman–Crippen MR) is 81.5 cm³/mol. The Morgan fingerprint density at radius 1 is 1.32 bits per heavy atom.